The normalized spacial score (nSPS) is 11.2. The Morgan fingerprint density at radius 2 is 1.71 bits per heavy atom. The first-order chi connectivity index (χ1) is 16.3. The third-order valence-electron chi connectivity index (χ3n) is 4.90. The van der Waals surface area contributed by atoms with Crippen LogP contribution in [0, 0.1) is 10.1 Å². The van der Waals surface area contributed by atoms with Crippen LogP contribution in [0.1, 0.15) is 46.2 Å². The second kappa shape index (κ2) is 10.9. The van der Waals surface area contributed by atoms with Gasteiger partial charge >= 0.3 is 5.97 Å². The lowest BCUT2D eigenvalue weighted by Gasteiger charge is -2.18. The molecule has 0 unspecified atom stereocenters. The van der Waals surface area contributed by atoms with E-state index in [4.69, 9.17) is 4.74 Å². The molecule has 0 saturated carbocycles. The van der Waals surface area contributed by atoms with Gasteiger partial charge in [-0.1, -0.05) is 42.5 Å². The number of amides is 1. The zero-order valence-electron chi connectivity index (χ0n) is 18.6. The van der Waals surface area contributed by atoms with Crippen molar-refractivity contribution >= 4 is 34.7 Å². The number of nitrogens with one attached hydrogen (secondary N) is 2. The van der Waals surface area contributed by atoms with Crippen molar-refractivity contribution in [3.8, 4) is 0 Å². The van der Waals surface area contributed by atoms with Gasteiger partial charge in [-0.2, -0.15) is 0 Å². The average molecular weight is 461 g/mol. The number of nitro groups is 1. The monoisotopic (exact) mass is 461 g/mol. The lowest BCUT2D eigenvalue weighted by Crippen LogP contribution is -2.26. The molecule has 1 atom stereocenters. The van der Waals surface area contributed by atoms with Crippen LogP contribution in [0.3, 0.4) is 0 Å². The van der Waals surface area contributed by atoms with Crippen molar-refractivity contribution in [2.75, 3.05) is 17.2 Å². The Hall–Kier alpha value is -4.53. The molecule has 2 N–H and O–H groups in total. The van der Waals surface area contributed by atoms with Crippen molar-refractivity contribution in [3.63, 3.8) is 0 Å². The minimum absolute atomic E-state index is 0.0688. The fourth-order valence-corrected chi connectivity index (χ4v) is 3.25. The van der Waals surface area contributed by atoms with Gasteiger partial charge in [-0.25, -0.2) is 4.79 Å². The van der Waals surface area contributed by atoms with E-state index in [1.54, 1.807) is 55.5 Å². The second-order valence-corrected chi connectivity index (χ2v) is 7.34. The SMILES string of the molecule is CCNc1ccc(C(=O)O[C@@H](C(=O)Nc2cccc(C(C)=O)c2)c2ccccc2)cc1[N+](=O)[O-]. The number of nitrogens with zero attached hydrogens (tertiary/aromatic N) is 1. The van der Waals surface area contributed by atoms with Gasteiger partial charge in [0.1, 0.15) is 5.69 Å². The first-order valence-corrected chi connectivity index (χ1v) is 10.5. The quantitative estimate of drug-likeness (QED) is 0.203. The Kier molecular flexibility index (Phi) is 7.71. The van der Waals surface area contributed by atoms with E-state index in [1.807, 2.05) is 0 Å². The zero-order chi connectivity index (χ0) is 24.7. The molecule has 3 aromatic carbocycles. The molecular formula is C25H23N3O6. The van der Waals surface area contributed by atoms with Gasteiger partial charge in [0.25, 0.3) is 11.6 Å². The van der Waals surface area contributed by atoms with Crippen LogP contribution in [-0.2, 0) is 9.53 Å². The Bertz CT molecular complexity index is 1230. The van der Waals surface area contributed by atoms with Gasteiger partial charge in [0, 0.05) is 29.4 Å². The van der Waals surface area contributed by atoms with E-state index >= 15 is 0 Å². The van der Waals surface area contributed by atoms with Crippen molar-refractivity contribution in [1.29, 1.82) is 0 Å². The van der Waals surface area contributed by atoms with E-state index in [0.29, 0.717) is 23.4 Å². The highest BCUT2D eigenvalue weighted by Crippen LogP contribution is 2.28. The molecule has 1 amide bonds. The minimum atomic E-state index is -1.33. The minimum Gasteiger partial charge on any atom is -0.444 e. The first-order valence-electron chi connectivity index (χ1n) is 10.5. The third-order valence-corrected chi connectivity index (χ3v) is 4.90. The number of rotatable bonds is 9. The maximum atomic E-state index is 13.1. The van der Waals surface area contributed by atoms with Crippen LogP contribution in [0.15, 0.2) is 72.8 Å². The molecule has 3 rings (SSSR count). The highest BCUT2D eigenvalue weighted by atomic mass is 16.6. The van der Waals surface area contributed by atoms with Gasteiger partial charge in [-0.3, -0.25) is 19.7 Å². The summed E-state index contributed by atoms with van der Waals surface area (Å²) < 4.78 is 5.51. The van der Waals surface area contributed by atoms with Crippen LogP contribution in [0.5, 0.6) is 0 Å². The van der Waals surface area contributed by atoms with Crippen LogP contribution in [0.4, 0.5) is 17.1 Å². The molecule has 0 aliphatic rings. The fourth-order valence-electron chi connectivity index (χ4n) is 3.25. The fraction of sp³-hybridized carbons (Fsp3) is 0.160. The van der Waals surface area contributed by atoms with Gasteiger partial charge in [0.2, 0.25) is 6.10 Å². The molecule has 0 bridgehead atoms. The lowest BCUT2D eigenvalue weighted by atomic mass is 10.1. The maximum absolute atomic E-state index is 13.1. The second-order valence-electron chi connectivity index (χ2n) is 7.34. The number of nitro benzene ring substituents is 1. The molecule has 34 heavy (non-hydrogen) atoms. The average Bonchev–Trinajstić information content (AvgIpc) is 2.83. The van der Waals surface area contributed by atoms with Crippen LogP contribution in [0.2, 0.25) is 0 Å². The van der Waals surface area contributed by atoms with Gasteiger partial charge in [0.15, 0.2) is 5.78 Å². The molecule has 0 spiro atoms. The molecular weight excluding hydrogens is 438 g/mol. The van der Waals surface area contributed by atoms with Gasteiger partial charge < -0.3 is 15.4 Å². The summed E-state index contributed by atoms with van der Waals surface area (Å²) in [6, 6.07) is 18.7. The number of carbonyl (C=O) groups excluding carboxylic acids is 3. The number of anilines is 2. The van der Waals surface area contributed by atoms with Crippen molar-refractivity contribution in [1.82, 2.24) is 0 Å². The number of carbonyl (C=O) groups is 3. The van der Waals surface area contributed by atoms with Crippen LogP contribution < -0.4 is 10.6 Å². The van der Waals surface area contributed by atoms with E-state index in [9.17, 15) is 24.5 Å². The summed E-state index contributed by atoms with van der Waals surface area (Å²) in [4.78, 5) is 48.4. The standard InChI is InChI=1S/C25H23N3O6/c1-3-26-21-13-12-19(15-22(21)28(32)33)25(31)34-23(17-8-5-4-6-9-17)24(30)27-20-11-7-10-18(14-20)16(2)29/h4-15,23,26H,3H2,1-2H3,(H,27,30)/t23-/m1/s1. The Morgan fingerprint density at radius 3 is 2.35 bits per heavy atom. The van der Waals surface area contributed by atoms with Crippen LogP contribution in [0.25, 0.3) is 0 Å². The Balaban J connectivity index is 1.89. The summed E-state index contributed by atoms with van der Waals surface area (Å²) >= 11 is 0. The predicted molar refractivity (Wildman–Crippen MR) is 127 cm³/mol. The van der Waals surface area contributed by atoms with Crippen molar-refractivity contribution in [2.24, 2.45) is 0 Å². The highest BCUT2D eigenvalue weighted by Gasteiger charge is 2.27. The topological polar surface area (TPSA) is 128 Å². The molecule has 0 radical (unpaired) electrons. The van der Waals surface area contributed by atoms with Crippen LogP contribution >= 0.6 is 0 Å². The number of ether oxygens (including phenoxy) is 1. The molecule has 0 saturated heterocycles. The summed E-state index contributed by atoms with van der Waals surface area (Å²) in [6.07, 6.45) is -1.33. The summed E-state index contributed by atoms with van der Waals surface area (Å²) in [5, 5.41) is 17.0. The number of hydrogen-bond donors (Lipinski definition) is 2. The number of hydrogen-bond acceptors (Lipinski definition) is 7. The Labute approximate surface area is 195 Å². The van der Waals surface area contributed by atoms with Gasteiger partial charge in [0.05, 0.1) is 10.5 Å². The van der Waals surface area contributed by atoms with E-state index in [-0.39, 0.29) is 22.7 Å². The Morgan fingerprint density at radius 1 is 0.971 bits per heavy atom. The number of ketones is 1. The molecule has 9 nitrogen and oxygen atoms in total. The van der Waals surface area contributed by atoms with E-state index < -0.39 is 22.9 Å². The van der Waals surface area contributed by atoms with Crippen molar-refractivity contribution in [2.45, 2.75) is 20.0 Å². The van der Waals surface area contributed by atoms with Gasteiger partial charge in [-0.15, -0.1) is 0 Å². The molecule has 9 heteroatoms. The van der Waals surface area contributed by atoms with Crippen molar-refractivity contribution < 1.29 is 24.0 Å². The molecule has 0 aromatic heterocycles. The van der Waals surface area contributed by atoms with E-state index in [2.05, 4.69) is 10.6 Å². The number of benzene rings is 3. The summed E-state index contributed by atoms with van der Waals surface area (Å²) in [6.45, 7) is 3.67. The summed E-state index contributed by atoms with van der Waals surface area (Å²) in [5.41, 5.74) is 1.11. The van der Waals surface area contributed by atoms with Gasteiger partial charge in [-0.05, 0) is 38.1 Å². The molecule has 174 valence electrons. The lowest BCUT2D eigenvalue weighted by molar-refractivity contribution is -0.384. The molecule has 0 aliphatic carbocycles. The number of esters is 1. The summed E-state index contributed by atoms with van der Waals surface area (Å²) in [7, 11) is 0. The first kappa shape index (κ1) is 24.1. The van der Waals surface area contributed by atoms with E-state index in [0.717, 1.165) is 6.07 Å². The van der Waals surface area contributed by atoms with E-state index in [1.165, 1.54) is 25.1 Å². The third kappa shape index (κ3) is 5.83. The number of Topliss-reactive ketones (excluding diaryl/α,β-unsaturated/α-hetero) is 1. The maximum Gasteiger partial charge on any atom is 0.339 e. The zero-order valence-corrected chi connectivity index (χ0v) is 18.6. The molecule has 3 aromatic rings. The molecule has 0 aliphatic heterocycles. The van der Waals surface area contributed by atoms with Crippen molar-refractivity contribution in [3.05, 3.63) is 99.6 Å². The smallest absolute Gasteiger partial charge is 0.339 e. The highest BCUT2D eigenvalue weighted by molar-refractivity contribution is 6.00. The summed E-state index contributed by atoms with van der Waals surface area (Å²) in [5.74, 6) is -1.70. The largest absolute Gasteiger partial charge is 0.444 e. The molecule has 0 fully saturated rings. The predicted octanol–water partition coefficient (Wildman–Crippen LogP) is 4.77. The van der Waals surface area contributed by atoms with Crippen LogP contribution in [-0.4, -0.2) is 29.1 Å². The molecule has 0 heterocycles.